The minimum atomic E-state index is -0.995. The molecule has 1 amide bonds. The number of aromatic nitrogens is 2. The molecule has 0 fully saturated rings. The van der Waals surface area contributed by atoms with Crippen LogP contribution in [0.2, 0.25) is 0 Å². The number of nitrogens with one attached hydrogen (secondary N) is 1. The standard InChI is InChI=1S/C15H17N3O4/c1-9(14-17-10(2)18-22-14)16-13(19)8-7-11-5-3-4-6-12(11)15(20)21/h3-6,9H,7-8H2,1-2H3,(H,16,19)(H,20,21). The van der Waals surface area contributed by atoms with E-state index in [-0.39, 0.29) is 23.9 Å². The Morgan fingerprint density at radius 2 is 2.09 bits per heavy atom. The molecule has 1 atom stereocenters. The Labute approximate surface area is 127 Å². The van der Waals surface area contributed by atoms with E-state index in [2.05, 4.69) is 15.5 Å². The van der Waals surface area contributed by atoms with Gasteiger partial charge < -0.3 is 14.9 Å². The van der Waals surface area contributed by atoms with Crippen molar-refractivity contribution < 1.29 is 19.2 Å². The number of carboxylic acids is 1. The quantitative estimate of drug-likeness (QED) is 0.844. The van der Waals surface area contributed by atoms with Crippen molar-refractivity contribution >= 4 is 11.9 Å². The van der Waals surface area contributed by atoms with Crippen LogP contribution in [0.15, 0.2) is 28.8 Å². The summed E-state index contributed by atoms with van der Waals surface area (Å²) in [6, 6.07) is 6.26. The molecule has 1 aromatic carbocycles. The topological polar surface area (TPSA) is 105 Å². The predicted octanol–water partition coefficient (Wildman–Crippen LogP) is 1.89. The molecule has 0 aliphatic rings. The molecule has 0 aliphatic heterocycles. The summed E-state index contributed by atoms with van der Waals surface area (Å²) in [5, 5.41) is 15.5. The first kappa shape index (κ1) is 15.7. The van der Waals surface area contributed by atoms with Gasteiger partial charge in [-0.1, -0.05) is 23.4 Å². The second-order valence-corrected chi connectivity index (χ2v) is 4.93. The highest BCUT2D eigenvalue weighted by atomic mass is 16.5. The SMILES string of the molecule is Cc1noc(C(C)NC(=O)CCc2ccccc2C(=O)O)n1. The molecule has 0 spiro atoms. The number of benzene rings is 1. The Balaban J connectivity index is 1.92. The zero-order chi connectivity index (χ0) is 16.1. The van der Waals surface area contributed by atoms with Gasteiger partial charge in [0, 0.05) is 6.42 Å². The first-order valence-corrected chi connectivity index (χ1v) is 6.88. The minimum Gasteiger partial charge on any atom is -0.478 e. The molecule has 0 bridgehead atoms. The van der Waals surface area contributed by atoms with Crippen molar-refractivity contribution in [3.05, 3.63) is 47.1 Å². The van der Waals surface area contributed by atoms with E-state index >= 15 is 0 Å². The Bertz CT molecular complexity index is 681. The third-order valence-corrected chi connectivity index (χ3v) is 3.16. The number of hydrogen-bond donors (Lipinski definition) is 2. The number of carbonyl (C=O) groups is 2. The van der Waals surface area contributed by atoms with Gasteiger partial charge >= 0.3 is 5.97 Å². The van der Waals surface area contributed by atoms with E-state index in [1.165, 1.54) is 6.07 Å². The zero-order valence-corrected chi connectivity index (χ0v) is 12.4. The van der Waals surface area contributed by atoms with Crippen LogP contribution in [0.25, 0.3) is 0 Å². The first-order chi connectivity index (χ1) is 10.5. The summed E-state index contributed by atoms with van der Waals surface area (Å²) >= 11 is 0. The van der Waals surface area contributed by atoms with Crippen LogP contribution in [0, 0.1) is 6.92 Å². The smallest absolute Gasteiger partial charge is 0.335 e. The van der Waals surface area contributed by atoms with Crippen LogP contribution in [-0.4, -0.2) is 27.1 Å². The van der Waals surface area contributed by atoms with Gasteiger partial charge in [0.05, 0.1) is 5.56 Å². The van der Waals surface area contributed by atoms with Gasteiger partial charge in [0.25, 0.3) is 0 Å². The van der Waals surface area contributed by atoms with Gasteiger partial charge in [0.2, 0.25) is 11.8 Å². The van der Waals surface area contributed by atoms with Crippen LogP contribution in [0.3, 0.4) is 0 Å². The summed E-state index contributed by atoms with van der Waals surface area (Å²) in [6.45, 7) is 3.44. The summed E-state index contributed by atoms with van der Waals surface area (Å²) in [7, 11) is 0. The van der Waals surface area contributed by atoms with Crippen molar-refractivity contribution in [1.82, 2.24) is 15.5 Å². The van der Waals surface area contributed by atoms with E-state index in [1.54, 1.807) is 32.0 Å². The molecule has 7 nitrogen and oxygen atoms in total. The molecular weight excluding hydrogens is 286 g/mol. The highest BCUT2D eigenvalue weighted by molar-refractivity contribution is 5.89. The third kappa shape index (κ3) is 3.91. The second kappa shape index (κ2) is 6.84. The Morgan fingerprint density at radius 1 is 1.36 bits per heavy atom. The Morgan fingerprint density at radius 3 is 2.73 bits per heavy atom. The lowest BCUT2D eigenvalue weighted by molar-refractivity contribution is -0.121. The Hall–Kier alpha value is -2.70. The van der Waals surface area contributed by atoms with Crippen molar-refractivity contribution in [2.24, 2.45) is 0 Å². The molecule has 0 saturated carbocycles. The van der Waals surface area contributed by atoms with Crippen LogP contribution in [0.5, 0.6) is 0 Å². The van der Waals surface area contributed by atoms with Crippen molar-refractivity contribution in [1.29, 1.82) is 0 Å². The van der Waals surface area contributed by atoms with Gasteiger partial charge in [-0.15, -0.1) is 0 Å². The average Bonchev–Trinajstić information content (AvgIpc) is 2.92. The van der Waals surface area contributed by atoms with Crippen molar-refractivity contribution in [2.75, 3.05) is 0 Å². The van der Waals surface area contributed by atoms with Gasteiger partial charge in [-0.25, -0.2) is 4.79 Å². The summed E-state index contributed by atoms with van der Waals surface area (Å²) in [4.78, 5) is 27.1. The highest BCUT2D eigenvalue weighted by Gasteiger charge is 2.16. The average molecular weight is 303 g/mol. The van der Waals surface area contributed by atoms with E-state index in [0.717, 1.165) is 0 Å². The molecule has 1 heterocycles. The molecule has 2 aromatic rings. The lowest BCUT2D eigenvalue weighted by atomic mass is 10.0. The summed E-state index contributed by atoms with van der Waals surface area (Å²) in [5.41, 5.74) is 0.849. The van der Waals surface area contributed by atoms with Crippen molar-refractivity contribution in [2.45, 2.75) is 32.7 Å². The molecule has 1 aromatic heterocycles. The number of rotatable bonds is 6. The zero-order valence-electron chi connectivity index (χ0n) is 12.4. The fraction of sp³-hybridized carbons (Fsp3) is 0.333. The van der Waals surface area contributed by atoms with Crippen molar-refractivity contribution in [3.8, 4) is 0 Å². The van der Waals surface area contributed by atoms with Gasteiger partial charge in [0.15, 0.2) is 5.82 Å². The van der Waals surface area contributed by atoms with E-state index in [4.69, 9.17) is 9.63 Å². The van der Waals surface area contributed by atoms with Crippen LogP contribution < -0.4 is 5.32 Å². The van der Waals surface area contributed by atoms with Crippen LogP contribution in [-0.2, 0) is 11.2 Å². The Kier molecular flexibility index (Phi) is 4.88. The fourth-order valence-corrected chi connectivity index (χ4v) is 2.06. The van der Waals surface area contributed by atoms with Crippen LogP contribution in [0.1, 0.15) is 47.0 Å². The van der Waals surface area contributed by atoms with E-state index < -0.39 is 5.97 Å². The maximum atomic E-state index is 11.9. The molecule has 1 unspecified atom stereocenters. The van der Waals surface area contributed by atoms with Crippen molar-refractivity contribution in [3.63, 3.8) is 0 Å². The number of aromatic carboxylic acids is 1. The van der Waals surface area contributed by atoms with E-state index in [9.17, 15) is 9.59 Å². The lowest BCUT2D eigenvalue weighted by Crippen LogP contribution is -2.27. The number of hydrogen-bond acceptors (Lipinski definition) is 5. The number of amides is 1. The largest absolute Gasteiger partial charge is 0.478 e. The van der Waals surface area contributed by atoms with Crippen LogP contribution in [0.4, 0.5) is 0 Å². The number of carboxylic acid groups (broad SMARTS) is 1. The molecule has 2 N–H and O–H groups in total. The third-order valence-electron chi connectivity index (χ3n) is 3.16. The maximum Gasteiger partial charge on any atom is 0.335 e. The second-order valence-electron chi connectivity index (χ2n) is 4.93. The molecular formula is C15H17N3O4. The van der Waals surface area contributed by atoms with Gasteiger partial charge in [0.1, 0.15) is 6.04 Å². The molecule has 0 radical (unpaired) electrons. The van der Waals surface area contributed by atoms with E-state index in [0.29, 0.717) is 23.7 Å². The highest BCUT2D eigenvalue weighted by Crippen LogP contribution is 2.13. The summed E-state index contributed by atoms with van der Waals surface area (Å²) < 4.78 is 4.99. The van der Waals surface area contributed by atoms with Gasteiger partial charge in [-0.05, 0) is 31.9 Å². The molecule has 2 rings (SSSR count). The molecule has 22 heavy (non-hydrogen) atoms. The summed E-state index contributed by atoms with van der Waals surface area (Å²) in [6.07, 6.45) is 0.533. The number of nitrogens with zero attached hydrogens (tertiary/aromatic N) is 2. The maximum absolute atomic E-state index is 11.9. The molecule has 0 saturated heterocycles. The molecule has 0 aliphatic carbocycles. The number of aryl methyl sites for hydroxylation is 2. The monoisotopic (exact) mass is 303 g/mol. The fourth-order valence-electron chi connectivity index (χ4n) is 2.06. The minimum absolute atomic E-state index is 0.182. The van der Waals surface area contributed by atoms with Crippen LogP contribution >= 0.6 is 0 Å². The first-order valence-electron chi connectivity index (χ1n) is 6.88. The van der Waals surface area contributed by atoms with E-state index in [1.807, 2.05) is 0 Å². The number of carbonyl (C=O) groups excluding carboxylic acids is 1. The van der Waals surface area contributed by atoms with Gasteiger partial charge in [-0.3, -0.25) is 4.79 Å². The molecule has 7 heteroatoms. The lowest BCUT2D eigenvalue weighted by Gasteiger charge is -2.10. The van der Waals surface area contributed by atoms with Gasteiger partial charge in [-0.2, -0.15) is 4.98 Å². The normalized spacial score (nSPS) is 11.9. The molecule has 116 valence electrons. The predicted molar refractivity (Wildman–Crippen MR) is 77.3 cm³/mol. The summed E-state index contributed by atoms with van der Waals surface area (Å²) in [5.74, 6) is -0.350.